The molecule has 3 aromatic carbocycles. The number of benzene rings is 3. The normalized spacial score (nSPS) is 16.9. The molecule has 3 aromatic rings. The second-order valence-electron chi connectivity index (χ2n) is 8.76. The molecule has 0 aromatic heterocycles. The fraction of sp³-hybridized carbons (Fsp3) is 0.185. The summed E-state index contributed by atoms with van der Waals surface area (Å²) in [5, 5.41) is -0.631. The van der Waals surface area contributed by atoms with Crippen LogP contribution in [0.15, 0.2) is 48.5 Å². The summed E-state index contributed by atoms with van der Waals surface area (Å²) in [6.45, 7) is 2.18. The van der Waals surface area contributed by atoms with Crippen LogP contribution in [-0.4, -0.2) is 30.2 Å². The van der Waals surface area contributed by atoms with E-state index in [1.54, 1.807) is 4.90 Å². The Bertz CT molecular complexity index is 1490. The third-order valence-corrected chi connectivity index (χ3v) is 8.32. The number of esters is 1. The van der Waals surface area contributed by atoms with Gasteiger partial charge in [0.25, 0.3) is 11.8 Å². The van der Waals surface area contributed by atoms with Gasteiger partial charge in [0.05, 0.1) is 42.8 Å². The van der Waals surface area contributed by atoms with Crippen molar-refractivity contribution in [3.05, 3.63) is 85.3 Å². The van der Waals surface area contributed by atoms with Gasteiger partial charge in [-0.1, -0.05) is 77.6 Å². The van der Waals surface area contributed by atoms with Crippen LogP contribution in [0.25, 0.3) is 0 Å². The highest BCUT2D eigenvalue weighted by molar-refractivity contribution is 6.56. The van der Waals surface area contributed by atoms with Gasteiger partial charge in [0, 0.05) is 24.7 Å². The van der Waals surface area contributed by atoms with Crippen molar-refractivity contribution in [3.63, 3.8) is 0 Å². The number of carbonyl (C=O) groups excluding carboxylic acids is 4. The molecule has 2 aliphatic rings. The summed E-state index contributed by atoms with van der Waals surface area (Å²) in [4.78, 5) is 54.5. The highest BCUT2D eigenvalue weighted by Crippen LogP contribution is 2.46. The van der Waals surface area contributed by atoms with E-state index in [1.165, 1.54) is 24.3 Å². The zero-order valence-corrected chi connectivity index (χ0v) is 22.8. The first kappa shape index (κ1) is 26.5. The minimum atomic E-state index is -0.745. The lowest BCUT2D eigenvalue weighted by Gasteiger charge is -2.20. The summed E-state index contributed by atoms with van der Waals surface area (Å²) in [5.41, 5.74) is 1.60. The number of halogens is 4. The van der Waals surface area contributed by atoms with E-state index in [2.05, 4.69) is 0 Å². The Morgan fingerprint density at radius 2 is 1.53 bits per heavy atom. The van der Waals surface area contributed by atoms with Crippen molar-refractivity contribution >= 4 is 81.5 Å². The van der Waals surface area contributed by atoms with Crippen molar-refractivity contribution in [3.8, 4) is 5.75 Å². The van der Waals surface area contributed by atoms with E-state index < -0.39 is 23.7 Å². The topological polar surface area (TPSA) is 84.0 Å². The van der Waals surface area contributed by atoms with E-state index in [0.29, 0.717) is 0 Å². The van der Waals surface area contributed by atoms with Crippen molar-refractivity contribution in [2.45, 2.75) is 19.8 Å². The minimum absolute atomic E-state index is 0.00744. The number of hydrogen-bond acceptors (Lipinski definition) is 5. The maximum atomic E-state index is 13.2. The number of amides is 3. The first-order valence-electron chi connectivity index (χ1n) is 11.6. The number of ether oxygens (including phenoxy) is 1. The van der Waals surface area contributed by atoms with Gasteiger partial charge in [-0.05, 0) is 30.2 Å². The average Bonchev–Trinajstić information content (AvgIpc) is 3.42. The smallest absolute Gasteiger partial charge is 0.316 e. The van der Waals surface area contributed by atoms with E-state index in [9.17, 15) is 19.2 Å². The summed E-state index contributed by atoms with van der Waals surface area (Å²) in [7, 11) is 0. The largest absolute Gasteiger partial charge is 0.426 e. The Balaban J connectivity index is 1.37. The van der Waals surface area contributed by atoms with Gasteiger partial charge in [-0.25, -0.2) is 4.90 Å². The van der Waals surface area contributed by atoms with Crippen LogP contribution in [0.3, 0.4) is 0 Å². The summed E-state index contributed by atoms with van der Waals surface area (Å²) in [6, 6.07) is 13.4. The van der Waals surface area contributed by atoms with Crippen molar-refractivity contribution in [1.29, 1.82) is 0 Å². The molecule has 0 spiro atoms. The number of para-hydroxylation sites is 1. The van der Waals surface area contributed by atoms with Crippen molar-refractivity contribution in [2.75, 3.05) is 16.3 Å². The second kappa shape index (κ2) is 10.2. The lowest BCUT2D eigenvalue weighted by molar-refractivity contribution is -0.139. The fourth-order valence-electron chi connectivity index (χ4n) is 4.64. The van der Waals surface area contributed by atoms with Crippen LogP contribution in [0.5, 0.6) is 5.75 Å². The quantitative estimate of drug-likeness (QED) is 0.109. The molecule has 7 nitrogen and oxygen atoms in total. The van der Waals surface area contributed by atoms with E-state index in [0.717, 1.165) is 22.6 Å². The molecule has 38 heavy (non-hydrogen) atoms. The zero-order chi connectivity index (χ0) is 27.3. The molecule has 194 valence electrons. The molecule has 1 atom stereocenters. The number of aryl methyl sites for hydroxylation is 1. The third-order valence-electron chi connectivity index (χ3n) is 6.52. The number of hydrogen-bond donors (Lipinski definition) is 0. The van der Waals surface area contributed by atoms with Gasteiger partial charge in [-0.2, -0.15) is 0 Å². The first-order valence-corrected chi connectivity index (χ1v) is 13.1. The zero-order valence-electron chi connectivity index (χ0n) is 19.8. The van der Waals surface area contributed by atoms with Crippen LogP contribution in [0, 0.1) is 5.92 Å². The summed E-state index contributed by atoms with van der Waals surface area (Å²) < 4.78 is 5.56. The lowest BCUT2D eigenvalue weighted by atomic mass is 10.1. The molecule has 3 amide bonds. The molecule has 0 aliphatic carbocycles. The highest BCUT2D eigenvalue weighted by atomic mass is 35.5. The van der Waals surface area contributed by atoms with Crippen molar-refractivity contribution < 1.29 is 23.9 Å². The van der Waals surface area contributed by atoms with E-state index in [-0.39, 0.29) is 61.5 Å². The maximum absolute atomic E-state index is 13.2. The summed E-state index contributed by atoms with van der Waals surface area (Å²) in [6.07, 6.45) is 0.752. The predicted octanol–water partition coefficient (Wildman–Crippen LogP) is 6.62. The van der Waals surface area contributed by atoms with Crippen molar-refractivity contribution in [2.24, 2.45) is 5.92 Å². The number of rotatable bonds is 5. The molecule has 2 aliphatic heterocycles. The van der Waals surface area contributed by atoms with Crippen LogP contribution in [0.4, 0.5) is 11.4 Å². The van der Waals surface area contributed by atoms with Crippen LogP contribution < -0.4 is 14.5 Å². The summed E-state index contributed by atoms with van der Waals surface area (Å²) in [5.74, 6) is -2.84. The second-order valence-corrected chi connectivity index (χ2v) is 10.3. The Morgan fingerprint density at radius 3 is 2.16 bits per heavy atom. The Morgan fingerprint density at radius 1 is 0.895 bits per heavy atom. The van der Waals surface area contributed by atoms with Gasteiger partial charge in [-0.15, -0.1) is 0 Å². The highest BCUT2D eigenvalue weighted by Gasteiger charge is 2.43. The minimum Gasteiger partial charge on any atom is -0.426 e. The fourth-order valence-corrected chi connectivity index (χ4v) is 5.65. The number of nitrogens with zero attached hydrogens (tertiary/aromatic N) is 2. The SMILES string of the molecule is CCc1ccccc1N1C[C@@H](C(=O)Oc2cccc(N3C(=O)c4c(Cl)c(Cl)c(Cl)c(Cl)c4C3=O)c2)CC1=O. The molecule has 1 fully saturated rings. The monoisotopic (exact) mass is 590 g/mol. The van der Waals surface area contributed by atoms with Gasteiger partial charge >= 0.3 is 5.97 Å². The Kier molecular flexibility index (Phi) is 7.13. The van der Waals surface area contributed by atoms with Gasteiger partial charge in [0.1, 0.15) is 5.75 Å². The van der Waals surface area contributed by atoms with E-state index in [4.69, 9.17) is 51.1 Å². The lowest BCUT2D eigenvalue weighted by Crippen LogP contribution is -2.29. The van der Waals surface area contributed by atoms with Crippen LogP contribution in [-0.2, 0) is 16.0 Å². The van der Waals surface area contributed by atoms with E-state index >= 15 is 0 Å². The average molecular weight is 592 g/mol. The van der Waals surface area contributed by atoms with Gasteiger partial charge in [-0.3, -0.25) is 19.2 Å². The Hall–Kier alpha value is -3.10. The maximum Gasteiger partial charge on any atom is 0.316 e. The molecule has 0 bridgehead atoms. The number of anilines is 2. The molecule has 0 N–H and O–H groups in total. The molecule has 5 rings (SSSR count). The number of imide groups is 1. The molecular formula is C27H18Cl4N2O5. The predicted molar refractivity (Wildman–Crippen MR) is 146 cm³/mol. The molecule has 0 saturated carbocycles. The van der Waals surface area contributed by atoms with E-state index in [1.807, 2.05) is 31.2 Å². The molecule has 1 saturated heterocycles. The Labute approximate surface area is 237 Å². The molecule has 2 heterocycles. The number of fused-ring (bicyclic) bond motifs is 1. The standard InChI is InChI=1S/C27H18Cl4N2O5/c1-2-13-6-3-4-9-17(13)32-12-14(10-18(32)34)27(37)38-16-8-5-7-15(11-16)33-25(35)19-20(26(33)36)22(29)24(31)23(30)21(19)28/h3-9,11,14H,2,10,12H2,1H3/t14-/m0/s1. The molecule has 11 heteroatoms. The molecular weight excluding hydrogens is 574 g/mol. The summed E-state index contributed by atoms with van der Waals surface area (Å²) >= 11 is 24.6. The van der Waals surface area contributed by atoms with Gasteiger partial charge in [0.15, 0.2) is 0 Å². The van der Waals surface area contributed by atoms with Crippen LogP contribution >= 0.6 is 46.4 Å². The van der Waals surface area contributed by atoms with Gasteiger partial charge < -0.3 is 9.64 Å². The molecule has 0 radical (unpaired) electrons. The van der Waals surface area contributed by atoms with Crippen molar-refractivity contribution in [1.82, 2.24) is 0 Å². The van der Waals surface area contributed by atoms with Crippen LogP contribution in [0.2, 0.25) is 20.1 Å². The third kappa shape index (κ3) is 4.33. The van der Waals surface area contributed by atoms with Gasteiger partial charge in [0.2, 0.25) is 5.91 Å². The first-order chi connectivity index (χ1) is 18.1. The van der Waals surface area contributed by atoms with Crippen LogP contribution in [0.1, 0.15) is 39.6 Å². The molecule has 0 unspecified atom stereocenters. The number of carbonyl (C=O) groups is 4.